The van der Waals surface area contributed by atoms with E-state index in [4.69, 9.17) is 26.0 Å². The number of likely N-dealkylation sites (tertiary alicyclic amines) is 1. The Morgan fingerprint density at radius 2 is 1.71 bits per heavy atom. The van der Waals surface area contributed by atoms with Gasteiger partial charge in [-0.05, 0) is 49.9 Å². The lowest BCUT2D eigenvalue weighted by Gasteiger charge is -2.32. The fourth-order valence-electron chi connectivity index (χ4n) is 4.59. The molecule has 2 aliphatic rings. The number of carboxylic acids is 1. The summed E-state index contributed by atoms with van der Waals surface area (Å²) in [4.78, 5) is 32.6. The number of carbonyl (C=O) groups is 2. The van der Waals surface area contributed by atoms with Crippen molar-refractivity contribution in [3.63, 3.8) is 0 Å². The molecule has 9 nitrogen and oxygen atoms in total. The van der Waals surface area contributed by atoms with Gasteiger partial charge in [-0.1, -0.05) is 42.1 Å². The fourth-order valence-corrected chi connectivity index (χ4v) is 4.82. The number of halogens is 4. The van der Waals surface area contributed by atoms with Gasteiger partial charge in [-0.25, -0.2) is 14.6 Å². The van der Waals surface area contributed by atoms with E-state index in [0.717, 1.165) is 36.6 Å². The van der Waals surface area contributed by atoms with Gasteiger partial charge in [0.1, 0.15) is 5.69 Å². The maximum absolute atomic E-state index is 12.6. The first-order chi connectivity index (χ1) is 18.1. The number of rotatable bonds is 3. The Hall–Kier alpha value is -3.41. The van der Waals surface area contributed by atoms with Crippen LogP contribution in [0.15, 0.2) is 34.9 Å². The molecule has 0 unspecified atom stereocenters. The number of benzene rings is 1. The predicted molar refractivity (Wildman–Crippen MR) is 133 cm³/mol. The normalized spacial score (nSPS) is 17.1. The minimum absolute atomic E-state index is 0.0654. The molecule has 1 saturated heterocycles. The molecule has 0 atom stereocenters. The van der Waals surface area contributed by atoms with Crippen LogP contribution in [0.3, 0.4) is 0 Å². The number of aromatic nitrogens is 3. The van der Waals surface area contributed by atoms with Crippen LogP contribution in [0, 0.1) is 0 Å². The Balaban J connectivity index is 0.000000426. The highest BCUT2D eigenvalue weighted by atomic mass is 35.5. The summed E-state index contributed by atoms with van der Waals surface area (Å²) in [6.07, 6.45) is 2.47. The van der Waals surface area contributed by atoms with Crippen molar-refractivity contribution in [1.82, 2.24) is 25.3 Å². The van der Waals surface area contributed by atoms with E-state index in [-0.39, 0.29) is 11.9 Å². The Morgan fingerprint density at radius 1 is 1.03 bits per heavy atom. The average Bonchev–Trinajstić information content (AvgIpc) is 3.40. The fraction of sp³-hybridized carbons (Fsp3) is 0.480. The molecule has 0 bridgehead atoms. The van der Waals surface area contributed by atoms with E-state index in [1.807, 2.05) is 35.2 Å². The van der Waals surface area contributed by atoms with Crippen molar-refractivity contribution >= 4 is 34.5 Å². The van der Waals surface area contributed by atoms with Crippen molar-refractivity contribution < 1.29 is 32.4 Å². The molecular formula is C25H27ClF3N5O4. The van der Waals surface area contributed by atoms with Crippen LogP contribution < -0.4 is 5.32 Å². The monoisotopic (exact) mass is 553 g/mol. The largest absolute Gasteiger partial charge is 0.490 e. The molecule has 2 aromatic heterocycles. The second-order valence-electron chi connectivity index (χ2n) is 9.31. The van der Waals surface area contributed by atoms with Gasteiger partial charge in [0, 0.05) is 35.5 Å². The van der Waals surface area contributed by atoms with Crippen molar-refractivity contribution in [1.29, 1.82) is 0 Å². The number of urea groups is 1. The zero-order chi connectivity index (χ0) is 27.3. The lowest BCUT2D eigenvalue weighted by Crippen LogP contribution is -2.48. The molecule has 204 valence electrons. The summed E-state index contributed by atoms with van der Waals surface area (Å²) < 4.78 is 37.3. The number of nitrogens with zero attached hydrogens (tertiary/aromatic N) is 4. The second kappa shape index (κ2) is 12.0. The van der Waals surface area contributed by atoms with Gasteiger partial charge in [0.05, 0.1) is 5.52 Å². The standard InChI is InChI=1S/C23H26ClN5O2.C2HF3O2/c24-18-7-4-8-19-17(18)9-10-20(26-19)21-27-22(31-28-21)15-11-13-29(14-12-15)23(30)25-16-5-2-1-3-6-16;3-2(4,5)1(6)7/h4,7-10,15-16H,1-3,5-6,11-14H2,(H,25,30);(H,6,7). The van der Waals surface area contributed by atoms with Gasteiger partial charge in [-0.2, -0.15) is 18.2 Å². The Bertz CT molecular complexity index is 1270. The van der Waals surface area contributed by atoms with Crippen LogP contribution in [-0.4, -0.2) is 62.4 Å². The summed E-state index contributed by atoms with van der Waals surface area (Å²) in [5.74, 6) is -1.49. The number of carbonyl (C=O) groups excluding carboxylic acids is 1. The third-order valence-corrected chi connectivity index (χ3v) is 6.99. The van der Waals surface area contributed by atoms with Crippen LogP contribution in [0.1, 0.15) is 56.8 Å². The topological polar surface area (TPSA) is 121 Å². The number of hydrogen-bond donors (Lipinski definition) is 2. The summed E-state index contributed by atoms with van der Waals surface area (Å²) in [5, 5.41) is 16.0. The number of aliphatic carboxylic acids is 1. The third-order valence-electron chi connectivity index (χ3n) is 6.66. The van der Waals surface area contributed by atoms with Crippen molar-refractivity contribution in [3.05, 3.63) is 41.2 Å². The van der Waals surface area contributed by atoms with E-state index in [0.29, 0.717) is 41.6 Å². The van der Waals surface area contributed by atoms with Crippen molar-refractivity contribution in [3.8, 4) is 11.5 Å². The summed E-state index contributed by atoms with van der Waals surface area (Å²) in [6, 6.07) is 9.83. The molecule has 3 aromatic rings. The Labute approximate surface area is 221 Å². The molecule has 2 amide bonds. The molecule has 13 heteroatoms. The van der Waals surface area contributed by atoms with Crippen molar-refractivity contribution in [2.45, 2.75) is 63.1 Å². The van der Waals surface area contributed by atoms with Crippen LogP contribution >= 0.6 is 11.6 Å². The quantitative estimate of drug-likeness (QED) is 0.421. The summed E-state index contributed by atoms with van der Waals surface area (Å²) in [5.41, 5.74) is 1.46. The van der Waals surface area contributed by atoms with Crippen LogP contribution in [0.2, 0.25) is 5.02 Å². The second-order valence-corrected chi connectivity index (χ2v) is 9.72. The van der Waals surface area contributed by atoms with E-state index in [1.54, 1.807) is 0 Å². The number of amides is 2. The highest BCUT2D eigenvalue weighted by molar-refractivity contribution is 6.35. The lowest BCUT2D eigenvalue weighted by molar-refractivity contribution is -0.192. The number of nitrogens with one attached hydrogen (secondary N) is 1. The molecule has 5 rings (SSSR count). The van der Waals surface area contributed by atoms with Crippen LogP contribution in [0.25, 0.3) is 22.4 Å². The average molecular weight is 554 g/mol. The molecule has 3 heterocycles. The molecular weight excluding hydrogens is 527 g/mol. The van der Waals surface area contributed by atoms with Gasteiger partial charge in [0.15, 0.2) is 0 Å². The Kier molecular flexibility index (Phi) is 8.70. The molecule has 1 saturated carbocycles. The number of fused-ring (bicyclic) bond motifs is 1. The zero-order valence-corrected chi connectivity index (χ0v) is 21.1. The van der Waals surface area contributed by atoms with Gasteiger partial charge < -0.3 is 19.8 Å². The van der Waals surface area contributed by atoms with E-state index >= 15 is 0 Å². The van der Waals surface area contributed by atoms with Crippen LogP contribution in [-0.2, 0) is 4.79 Å². The van der Waals surface area contributed by atoms with E-state index in [9.17, 15) is 18.0 Å². The molecule has 38 heavy (non-hydrogen) atoms. The van der Waals surface area contributed by atoms with E-state index in [1.165, 1.54) is 19.3 Å². The summed E-state index contributed by atoms with van der Waals surface area (Å²) in [6.45, 7) is 1.40. The third kappa shape index (κ3) is 6.91. The number of hydrogen-bond acceptors (Lipinski definition) is 6. The van der Waals surface area contributed by atoms with Gasteiger partial charge in [0.2, 0.25) is 11.7 Å². The minimum atomic E-state index is -5.08. The predicted octanol–water partition coefficient (Wildman–Crippen LogP) is 5.79. The SMILES string of the molecule is O=C(NC1CCCCC1)N1CCC(c2nc(-c3ccc4c(Cl)cccc4n3)no2)CC1.O=C(O)C(F)(F)F. The first-order valence-corrected chi connectivity index (χ1v) is 12.7. The maximum Gasteiger partial charge on any atom is 0.490 e. The van der Waals surface area contributed by atoms with Gasteiger partial charge in [-0.3, -0.25) is 0 Å². The van der Waals surface area contributed by atoms with Crippen LogP contribution in [0.5, 0.6) is 0 Å². The van der Waals surface area contributed by atoms with Crippen LogP contribution in [0.4, 0.5) is 18.0 Å². The maximum atomic E-state index is 12.6. The molecule has 1 aliphatic carbocycles. The number of alkyl halides is 3. The summed E-state index contributed by atoms with van der Waals surface area (Å²) >= 11 is 6.23. The first-order valence-electron chi connectivity index (χ1n) is 12.4. The van der Waals surface area contributed by atoms with Gasteiger partial charge in [0.25, 0.3) is 0 Å². The van der Waals surface area contributed by atoms with Crippen molar-refractivity contribution in [2.75, 3.05) is 13.1 Å². The zero-order valence-electron chi connectivity index (χ0n) is 20.4. The molecule has 2 fully saturated rings. The highest BCUT2D eigenvalue weighted by Crippen LogP contribution is 2.30. The number of pyridine rings is 1. The molecule has 0 radical (unpaired) electrons. The van der Waals surface area contributed by atoms with Gasteiger partial charge in [-0.15, -0.1) is 0 Å². The number of carboxylic acid groups (broad SMARTS) is 1. The molecule has 1 aromatic carbocycles. The Morgan fingerprint density at radius 3 is 2.37 bits per heavy atom. The lowest BCUT2D eigenvalue weighted by atomic mass is 9.95. The smallest absolute Gasteiger partial charge is 0.475 e. The first kappa shape index (κ1) is 27.6. The van der Waals surface area contributed by atoms with Crippen molar-refractivity contribution in [2.24, 2.45) is 0 Å². The highest BCUT2D eigenvalue weighted by Gasteiger charge is 2.38. The number of piperidine rings is 1. The van der Waals surface area contributed by atoms with E-state index in [2.05, 4.69) is 20.4 Å². The van der Waals surface area contributed by atoms with Gasteiger partial charge >= 0.3 is 18.2 Å². The van der Waals surface area contributed by atoms with E-state index < -0.39 is 12.1 Å². The molecule has 1 aliphatic heterocycles. The summed E-state index contributed by atoms with van der Waals surface area (Å²) in [7, 11) is 0. The molecule has 0 spiro atoms. The minimum Gasteiger partial charge on any atom is -0.475 e. The molecule has 2 N–H and O–H groups in total.